The molecule has 2 N–H and O–H groups in total. The maximum atomic E-state index is 12.5. The fourth-order valence-electron chi connectivity index (χ4n) is 3.43. The molecule has 0 atom stereocenters. The van der Waals surface area contributed by atoms with E-state index in [1.807, 2.05) is 41.3 Å². The lowest BCUT2D eigenvalue weighted by atomic mass is 10.1. The number of amides is 2. The smallest absolute Gasteiger partial charge is 0.279 e. The Balaban J connectivity index is 1.39. The molecule has 2 amide bonds. The zero-order chi connectivity index (χ0) is 20.6. The molecular formula is C22H27ClN3O3+. The van der Waals surface area contributed by atoms with Crippen molar-refractivity contribution in [1.29, 1.82) is 0 Å². The molecule has 0 saturated carbocycles. The Morgan fingerprint density at radius 1 is 1.10 bits per heavy atom. The summed E-state index contributed by atoms with van der Waals surface area (Å²) in [4.78, 5) is 27.8. The number of halogens is 1. The van der Waals surface area contributed by atoms with Crippen LogP contribution in [0.5, 0.6) is 5.75 Å². The molecule has 1 aliphatic heterocycles. The first-order valence-electron chi connectivity index (χ1n) is 9.84. The van der Waals surface area contributed by atoms with E-state index in [-0.39, 0.29) is 11.8 Å². The zero-order valence-corrected chi connectivity index (χ0v) is 17.4. The highest BCUT2D eigenvalue weighted by atomic mass is 35.5. The number of ether oxygens (including phenoxy) is 1. The monoisotopic (exact) mass is 416 g/mol. The first-order chi connectivity index (χ1) is 14.0. The van der Waals surface area contributed by atoms with Crippen molar-refractivity contribution in [3.63, 3.8) is 0 Å². The first kappa shape index (κ1) is 21.1. The van der Waals surface area contributed by atoms with Crippen molar-refractivity contribution in [3.05, 3.63) is 59.1 Å². The molecule has 1 fully saturated rings. The van der Waals surface area contributed by atoms with Gasteiger partial charge in [-0.2, -0.15) is 0 Å². The van der Waals surface area contributed by atoms with Gasteiger partial charge in [0.25, 0.3) is 5.91 Å². The largest absolute Gasteiger partial charge is 0.497 e. The van der Waals surface area contributed by atoms with E-state index in [1.165, 1.54) is 4.90 Å². The Kier molecular flexibility index (Phi) is 7.49. The quantitative estimate of drug-likeness (QED) is 0.721. The summed E-state index contributed by atoms with van der Waals surface area (Å²) < 4.78 is 5.15. The Labute approximate surface area is 176 Å². The second kappa shape index (κ2) is 10.3. The average molecular weight is 417 g/mol. The lowest BCUT2D eigenvalue weighted by Crippen LogP contribution is -3.15. The second-order valence-electron chi connectivity index (χ2n) is 7.18. The number of nitrogens with one attached hydrogen (secondary N) is 2. The summed E-state index contributed by atoms with van der Waals surface area (Å²) >= 11 is 6.08. The number of piperazine rings is 1. The van der Waals surface area contributed by atoms with Crippen LogP contribution in [0.25, 0.3) is 0 Å². The number of quaternary nitrogens is 1. The van der Waals surface area contributed by atoms with Crippen LogP contribution in [0, 0.1) is 0 Å². The number of anilines is 1. The summed E-state index contributed by atoms with van der Waals surface area (Å²) in [6.45, 7) is 3.26. The summed E-state index contributed by atoms with van der Waals surface area (Å²) in [6.07, 6.45) is 1.21. The number of hydrogen-bond acceptors (Lipinski definition) is 3. The SMILES string of the molecule is COc1ccc(CCC(=O)N2CC[NH+](CC(=O)Nc3ccccc3Cl)CC2)cc1. The molecule has 154 valence electrons. The molecule has 0 aromatic heterocycles. The number of para-hydroxylation sites is 1. The molecule has 3 rings (SSSR count). The Morgan fingerprint density at radius 2 is 1.79 bits per heavy atom. The zero-order valence-electron chi connectivity index (χ0n) is 16.6. The van der Waals surface area contributed by atoms with E-state index in [9.17, 15) is 9.59 Å². The third-order valence-corrected chi connectivity index (χ3v) is 5.50. The summed E-state index contributed by atoms with van der Waals surface area (Å²) in [5.74, 6) is 0.922. The number of carbonyl (C=O) groups excluding carboxylic acids is 2. The van der Waals surface area contributed by atoms with Crippen LogP contribution in [-0.4, -0.2) is 56.5 Å². The second-order valence-corrected chi connectivity index (χ2v) is 7.59. The van der Waals surface area contributed by atoms with Gasteiger partial charge in [0.1, 0.15) is 5.75 Å². The lowest BCUT2D eigenvalue weighted by molar-refractivity contribution is -0.895. The van der Waals surface area contributed by atoms with Crippen LogP contribution in [0.15, 0.2) is 48.5 Å². The van der Waals surface area contributed by atoms with Crippen LogP contribution in [-0.2, 0) is 16.0 Å². The predicted molar refractivity (Wildman–Crippen MR) is 114 cm³/mol. The third kappa shape index (κ3) is 6.21. The van der Waals surface area contributed by atoms with Gasteiger partial charge in [-0.3, -0.25) is 9.59 Å². The molecule has 6 nitrogen and oxygen atoms in total. The summed E-state index contributed by atoms with van der Waals surface area (Å²) in [5.41, 5.74) is 1.76. The minimum absolute atomic E-state index is 0.0626. The molecule has 2 aromatic carbocycles. The molecule has 1 aliphatic rings. The minimum atomic E-state index is -0.0626. The number of carbonyl (C=O) groups is 2. The van der Waals surface area contributed by atoms with Gasteiger partial charge in [-0.25, -0.2) is 0 Å². The van der Waals surface area contributed by atoms with Gasteiger partial charge in [0.15, 0.2) is 6.54 Å². The van der Waals surface area contributed by atoms with Gasteiger partial charge in [0.2, 0.25) is 5.91 Å². The predicted octanol–water partition coefficient (Wildman–Crippen LogP) is 1.65. The van der Waals surface area contributed by atoms with Crippen LogP contribution < -0.4 is 15.0 Å². The maximum absolute atomic E-state index is 12.5. The van der Waals surface area contributed by atoms with Crippen molar-refractivity contribution >= 4 is 29.1 Å². The Bertz CT molecular complexity index is 833. The maximum Gasteiger partial charge on any atom is 0.279 e. The fraction of sp³-hybridized carbons (Fsp3) is 0.364. The van der Waals surface area contributed by atoms with Gasteiger partial charge < -0.3 is 19.9 Å². The van der Waals surface area contributed by atoms with Crippen LogP contribution in [0.4, 0.5) is 5.69 Å². The number of benzene rings is 2. The van der Waals surface area contributed by atoms with Crippen molar-refractivity contribution in [2.24, 2.45) is 0 Å². The summed E-state index contributed by atoms with van der Waals surface area (Å²) in [7, 11) is 1.64. The molecule has 1 heterocycles. The number of hydrogen-bond donors (Lipinski definition) is 2. The third-order valence-electron chi connectivity index (χ3n) is 5.17. The van der Waals surface area contributed by atoms with E-state index >= 15 is 0 Å². The van der Waals surface area contributed by atoms with Gasteiger partial charge in [-0.1, -0.05) is 35.9 Å². The highest BCUT2D eigenvalue weighted by Gasteiger charge is 2.25. The van der Waals surface area contributed by atoms with Crippen molar-refractivity contribution < 1.29 is 19.2 Å². The average Bonchev–Trinajstić information content (AvgIpc) is 2.74. The summed E-state index contributed by atoms with van der Waals surface area (Å²) in [5, 5.41) is 3.39. The van der Waals surface area contributed by atoms with E-state index in [4.69, 9.17) is 16.3 Å². The first-order valence-corrected chi connectivity index (χ1v) is 10.2. The van der Waals surface area contributed by atoms with Crippen LogP contribution in [0.1, 0.15) is 12.0 Å². The Hall–Kier alpha value is -2.57. The van der Waals surface area contributed by atoms with E-state index < -0.39 is 0 Å². The topological polar surface area (TPSA) is 63.1 Å². The van der Waals surface area contributed by atoms with Gasteiger partial charge in [0, 0.05) is 6.42 Å². The van der Waals surface area contributed by atoms with E-state index in [2.05, 4.69) is 5.32 Å². The lowest BCUT2D eigenvalue weighted by Gasteiger charge is -2.32. The van der Waals surface area contributed by atoms with Crippen LogP contribution in [0.3, 0.4) is 0 Å². The van der Waals surface area contributed by atoms with Gasteiger partial charge >= 0.3 is 0 Å². The molecule has 0 radical (unpaired) electrons. The molecule has 0 aliphatic carbocycles. The van der Waals surface area contributed by atoms with Crippen molar-refractivity contribution in [2.45, 2.75) is 12.8 Å². The number of aryl methyl sites for hydroxylation is 1. The Morgan fingerprint density at radius 3 is 2.45 bits per heavy atom. The summed E-state index contributed by atoms with van der Waals surface area (Å²) in [6, 6.07) is 15.0. The minimum Gasteiger partial charge on any atom is -0.497 e. The molecular weight excluding hydrogens is 390 g/mol. The molecule has 1 saturated heterocycles. The number of nitrogens with zero attached hydrogens (tertiary/aromatic N) is 1. The van der Waals surface area contributed by atoms with Crippen molar-refractivity contribution in [2.75, 3.05) is 45.2 Å². The normalized spacial score (nSPS) is 14.5. The van der Waals surface area contributed by atoms with E-state index in [0.717, 1.165) is 30.8 Å². The molecule has 0 unspecified atom stereocenters. The highest BCUT2D eigenvalue weighted by Crippen LogP contribution is 2.20. The van der Waals surface area contributed by atoms with Crippen LogP contribution >= 0.6 is 11.6 Å². The molecule has 29 heavy (non-hydrogen) atoms. The fourth-order valence-corrected chi connectivity index (χ4v) is 3.62. The van der Waals surface area contributed by atoms with E-state index in [1.54, 1.807) is 19.2 Å². The van der Waals surface area contributed by atoms with Gasteiger partial charge in [0.05, 0.1) is 44.0 Å². The number of methoxy groups -OCH3 is 1. The molecule has 7 heteroatoms. The highest BCUT2D eigenvalue weighted by molar-refractivity contribution is 6.33. The molecule has 2 aromatic rings. The molecule has 0 spiro atoms. The van der Waals surface area contributed by atoms with Crippen LogP contribution in [0.2, 0.25) is 5.02 Å². The number of rotatable bonds is 7. The van der Waals surface area contributed by atoms with Crippen molar-refractivity contribution in [1.82, 2.24) is 4.90 Å². The van der Waals surface area contributed by atoms with Crippen molar-refractivity contribution in [3.8, 4) is 5.75 Å². The van der Waals surface area contributed by atoms with Gasteiger partial charge in [-0.15, -0.1) is 0 Å². The van der Waals surface area contributed by atoms with Gasteiger partial charge in [-0.05, 0) is 36.2 Å². The standard InChI is InChI=1S/C22H26ClN3O3/c1-29-18-9-6-17(7-10-18)8-11-22(28)26-14-12-25(13-15-26)16-21(27)24-20-5-3-2-4-19(20)23/h2-7,9-10H,8,11-16H2,1H3,(H,24,27)/p+1. The van der Waals surface area contributed by atoms with E-state index in [0.29, 0.717) is 36.8 Å². The molecule has 0 bridgehead atoms.